The molecule has 0 bridgehead atoms. The van der Waals surface area contributed by atoms with Crippen LogP contribution in [-0.2, 0) is 0 Å². The fraction of sp³-hybridized carbons (Fsp3) is 0. The minimum Gasteiger partial charge on any atom is -0.457 e. The third-order valence-electron chi connectivity index (χ3n) is 5.59. The lowest BCUT2D eigenvalue weighted by atomic mass is 9.96. The van der Waals surface area contributed by atoms with E-state index in [1.54, 1.807) is 0 Å². The molecule has 4 heteroatoms. The van der Waals surface area contributed by atoms with Gasteiger partial charge in [-0.15, -0.1) is 0 Å². The average molecular weight is 440 g/mol. The second-order valence-electron chi connectivity index (χ2n) is 7.81. The lowest BCUT2D eigenvalue weighted by Gasteiger charge is -2.12. The zero-order valence-electron chi connectivity index (χ0n) is 18.3. The molecular formula is C30H21N3O. The van der Waals surface area contributed by atoms with E-state index in [0.29, 0.717) is 11.3 Å². The first-order chi connectivity index (χ1) is 16.7. The largest absolute Gasteiger partial charge is 0.457 e. The van der Waals surface area contributed by atoms with Crippen LogP contribution in [0.4, 0.5) is 5.82 Å². The van der Waals surface area contributed by atoms with Crippen LogP contribution in [0.1, 0.15) is 5.56 Å². The highest BCUT2D eigenvalue weighted by Gasteiger charge is 2.14. The van der Waals surface area contributed by atoms with Gasteiger partial charge >= 0.3 is 0 Å². The number of hydrogen-bond acceptors (Lipinski definition) is 4. The molecule has 0 amide bonds. The maximum atomic E-state index is 9.74. The number of nitriles is 1. The van der Waals surface area contributed by atoms with Gasteiger partial charge in [-0.25, -0.2) is 4.98 Å². The summed E-state index contributed by atoms with van der Waals surface area (Å²) in [5.41, 5.74) is 12.1. The Morgan fingerprint density at radius 3 is 1.79 bits per heavy atom. The molecule has 0 radical (unpaired) electrons. The molecule has 0 fully saturated rings. The number of nitrogen functional groups attached to an aromatic ring is 1. The van der Waals surface area contributed by atoms with E-state index in [-0.39, 0.29) is 5.82 Å². The SMILES string of the molecule is N#Cc1c(-c2ccc(-c3ccccc3)cc2)cc(-c2ccc(Oc3ccccc3)cc2)nc1N. The van der Waals surface area contributed by atoms with Gasteiger partial charge < -0.3 is 10.5 Å². The van der Waals surface area contributed by atoms with Crippen LogP contribution >= 0.6 is 0 Å². The summed E-state index contributed by atoms with van der Waals surface area (Å²) in [4.78, 5) is 4.49. The standard InChI is InChI=1S/C30H21N3O/c31-20-28-27(23-13-11-22(12-14-23)21-7-3-1-4-8-21)19-29(33-30(28)32)24-15-17-26(18-16-24)34-25-9-5-2-6-10-25/h1-19H,(H2,32,33). The van der Waals surface area contributed by atoms with Crippen molar-refractivity contribution < 1.29 is 4.74 Å². The van der Waals surface area contributed by atoms with Gasteiger partial charge in [-0.2, -0.15) is 5.26 Å². The number of para-hydroxylation sites is 1. The predicted molar refractivity (Wildman–Crippen MR) is 136 cm³/mol. The predicted octanol–water partition coefficient (Wildman–Crippen LogP) is 7.33. The van der Waals surface area contributed by atoms with Crippen LogP contribution in [0.25, 0.3) is 33.5 Å². The lowest BCUT2D eigenvalue weighted by molar-refractivity contribution is 0.483. The quantitative estimate of drug-likeness (QED) is 0.311. The Bertz CT molecular complexity index is 1450. The van der Waals surface area contributed by atoms with Crippen molar-refractivity contribution in [2.45, 2.75) is 0 Å². The maximum Gasteiger partial charge on any atom is 0.142 e. The fourth-order valence-electron chi connectivity index (χ4n) is 3.85. The van der Waals surface area contributed by atoms with Crippen LogP contribution < -0.4 is 10.5 Å². The number of hydrogen-bond donors (Lipinski definition) is 1. The van der Waals surface area contributed by atoms with E-state index in [1.807, 2.05) is 91.0 Å². The molecule has 34 heavy (non-hydrogen) atoms. The molecular weight excluding hydrogens is 418 g/mol. The summed E-state index contributed by atoms with van der Waals surface area (Å²) in [5.74, 6) is 1.72. The highest BCUT2D eigenvalue weighted by molar-refractivity contribution is 5.81. The molecule has 0 unspecified atom stereocenters. The number of pyridine rings is 1. The molecule has 0 saturated carbocycles. The second kappa shape index (κ2) is 9.32. The van der Waals surface area contributed by atoms with Gasteiger partial charge in [0.15, 0.2) is 0 Å². The van der Waals surface area contributed by atoms with Crippen LogP contribution in [0, 0.1) is 11.3 Å². The monoisotopic (exact) mass is 439 g/mol. The highest BCUT2D eigenvalue weighted by Crippen LogP contribution is 2.33. The number of nitrogens with two attached hydrogens (primary N) is 1. The van der Waals surface area contributed by atoms with Crippen molar-refractivity contribution in [3.05, 3.63) is 121 Å². The Morgan fingerprint density at radius 1 is 0.618 bits per heavy atom. The second-order valence-corrected chi connectivity index (χ2v) is 7.81. The van der Waals surface area contributed by atoms with Crippen molar-refractivity contribution in [1.82, 2.24) is 4.98 Å². The summed E-state index contributed by atoms with van der Waals surface area (Å²) in [6, 6.07) is 39.7. The Balaban J connectivity index is 1.47. The number of ether oxygens (including phenoxy) is 1. The van der Waals surface area contributed by atoms with Gasteiger partial charge in [0.05, 0.1) is 5.69 Å². The zero-order chi connectivity index (χ0) is 23.3. The highest BCUT2D eigenvalue weighted by atomic mass is 16.5. The van der Waals surface area contributed by atoms with Crippen LogP contribution in [0.2, 0.25) is 0 Å². The molecule has 0 atom stereocenters. The molecule has 0 aliphatic heterocycles. The summed E-state index contributed by atoms with van der Waals surface area (Å²) in [7, 11) is 0. The van der Waals surface area contributed by atoms with Gasteiger partial charge in [-0.3, -0.25) is 0 Å². The molecule has 5 rings (SSSR count). The number of rotatable bonds is 5. The summed E-state index contributed by atoms with van der Waals surface area (Å²) < 4.78 is 5.88. The summed E-state index contributed by atoms with van der Waals surface area (Å²) in [6.45, 7) is 0. The van der Waals surface area contributed by atoms with Gasteiger partial charge in [0.25, 0.3) is 0 Å². The van der Waals surface area contributed by atoms with E-state index in [9.17, 15) is 5.26 Å². The summed E-state index contributed by atoms with van der Waals surface area (Å²) >= 11 is 0. The number of anilines is 1. The maximum absolute atomic E-state index is 9.74. The molecule has 5 aromatic rings. The first kappa shape index (κ1) is 21.0. The third-order valence-corrected chi connectivity index (χ3v) is 5.59. The van der Waals surface area contributed by atoms with Gasteiger partial charge in [-0.05, 0) is 59.2 Å². The molecule has 4 nitrogen and oxygen atoms in total. The van der Waals surface area contributed by atoms with Crippen LogP contribution in [-0.4, -0.2) is 4.98 Å². The number of benzene rings is 4. The van der Waals surface area contributed by atoms with Crippen molar-refractivity contribution in [2.24, 2.45) is 0 Å². The number of nitrogens with zero attached hydrogens (tertiary/aromatic N) is 2. The topological polar surface area (TPSA) is 71.9 Å². The fourth-order valence-corrected chi connectivity index (χ4v) is 3.85. The van der Waals surface area contributed by atoms with E-state index < -0.39 is 0 Å². The average Bonchev–Trinajstić information content (AvgIpc) is 2.90. The van der Waals surface area contributed by atoms with Crippen LogP contribution in [0.5, 0.6) is 11.5 Å². The first-order valence-electron chi connectivity index (χ1n) is 10.9. The van der Waals surface area contributed by atoms with Gasteiger partial charge in [0.1, 0.15) is 28.9 Å². The molecule has 1 heterocycles. The van der Waals surface area contributed by atoms with E-state index in [1.165, 1.54) is 0 Å². The summed E-state index contributed by atoms with van der Waals surface area (Å²) in [5, 5.41) is 9.74. The van der Waals surface area contributed by atoms with Gasteiger partial charge in [-0.1, -0.05) is 72.8 Å². The summed E-state index contributed by atoms with van der Waals surface area (Å²) in [6.07, 6.45) is 0. The van der Waals surface area contributed by atoms with Gasteiger partial charge in [0, 0.05) is 11.1 Å². The van der Waals surface area contributed by atoms with Crippen molar-refractivity contribution in [3.8, 4) is 51.1 Å². The van der Waals surface area contributed by atoms with E-state index in [2.05, 4.69) is 35.3 Å². The minimum absolute atomic E-state index is 0.215. The molecule has 0 aliphatic rings. The molecule has 0 saturated heterocycles. The molecule has 0 spiro atoms. The first-order valence-corrected chi connectivity index (χ1v) is 10.9. The van der Waals surface area contributed by atoms with E-state index >= 15 is 0 Å². The van der Waals surface area contributed by atoms with Crippen molar-refractivity contribution in [1.29, 1.82) is 5.26 Å². The molecule has 4 aromatic carbocycles. The minimum atomic E-state index is 0.215. The van der Waals surface area contributed by atoms with Crippen LogP contribution in [0.15, 0.2) is 115 Å². The molecule has 2 N–H and O–H groups in total. The van der Waals surface area contributed by atoms with Crippen molar-refractivity contribution >= 4 is 5.82 Å². The van der Waals surface area contributed by atoms with E-state index in [4.69, 9.17) is 10.5 Å². The van der Waals surface area contributed by atoms with E-state index in [0.717, 1.165) is 39.3 Å². The Morgan fingerprint density at radius 2 is 1.15 bits per heavy atom. The normalized spacial score (nSPS) is 10.4. The van der Waals surface area contributed by atoms with Crippen molar-refractivity contribution in [2.75, 3.05) is 5.73 Å². The van der Waals surface area contributed by atoms with Gasteiger partial charge in [0.2, 0.25) is 0 Å². The third kappa shape index (κ3) is 4.36. The Kier molecular flexibility index (Phi) is 5.75. The van der Waals surface area contributed by atoms with Crippen molar-refractivity contribution in [3.63, 3.8) is 0 Å². The Labute approximate surface area is 198 Å². The molecule has 1 aromatic heterocycles. The number of aromatic nitrogens is 1. The zero-order valence-corrected chi connectivity index (χ0v) is 18.3. The van der Waals surface area contributed by atoms with Crippen LogP contribution in [0.3, 0.4) is 0 Å². The Hall–Kier alpha value is -4.88. The smallest absolute Gasteiger partial charge is 0.142 e. The molecule has 162 valence electrons. The lowest BCUT2D eigenvalue weighted by Crippen LogP contribution is -1.99. The molecule has 0 aliphatic carbocycles.